The molecule has 0 saturated carbocycles. The number of nitrogens with zero attached hydrogens (tertiary/aromatic N) is 1. The molecule has 1 aromatic heterocycles. The molecule has 0 radical (unpaired) electrons. The van der Waals surface area contributed by atoms with E-state index >= 15 is 0 Å². The van der Waals surface area contributed by atoms with E-state index in [1.807, 2.05) is 12.1 Å². The first kappa shape index (κ1) is 10.9. The van der Waals surface area contributed by atoms with Gasteiger partial charge in [-0.3, -0.25) is 0 Å². The summed E-state index contributed by atoms with van der Waals surface area (Å²) < 4.78 is 2.21. The topological polar surface area (TPSA) is 25.2 Å². The van der Waals surface area contributed by atoms with Crippen LogP contribution in [0.15, 0.2) is 29.8 Å². The highest BCUT2D eigenvalue weighted by molar-refractivity contribution is 6.50. The molecule has 0 amide bonds. The number of aromatic nitrogens is 1. The lowest BCUT2D eigenvalue weighted by Gasteiger charge is -2.17. The average molecular weight is 248 g/mol. The zero-order chi connectivity index (χ0) is 12.0. The summed E-state index contributed by atoms with van der Waals surface area (Å²) in [5.41, 5.74) is 4.54. The first-order valence-corrected chi connectivity index (χ1v) is 6.17. The summed E-state index contributed by atoms with van der Waals surface area (Å²) in [5.74, 6) is 0. The fraction of sp³-hybridized carbons (Fsp3) is 0.286. The summed E-state index contributed by atoms with van der Waals surface area (Å²) in [5, 5.41) is 11.2. The molecule has 0 unspecified atom stereocenters. The van der Waals surface area contributed by atoms with Gasteiger partial charge in [-0.2, -0.15) is 0 Å². The van der Waals surface area contributed by atoms with Crippen LogP contribution in [-0.4, -0.2) is 16.3 Å². The van der Waals surface area contributed by atoms with Crippen molar-refractivity contribution < 1.29 is 5.11 Å². The Bertz CT molecular complexity index is 624. The second-order valence-electron chi connectivity index (χ2n) is 4.47. The molecular weight excluding hydrogens is 234 g/mol. The summed E-state index contributed by atoms with van der Waals surface area (Å²) in [6, 6.07) is 8.27. The van der Waals surface area contributed by atoms with Crippen molar-refractivity contribution in [2.24, 2.45) is 7.05 Å². The summed E-state index contributed by atoms with van der Waals surface area (Å²) >= 11 is 6.41. The van der Waals surface area contributed by atoms with Crippen LogP contribution in [0.3, 0.4) is 0 Å². The molecule has 0 saturated heterocycles. The zero-order valence-corrected chi connectivity index (χ0v) is 10.5. The predicted molar refractivity (Wildman–Crippen MR) is 71.1 cm³/mol. The number of fused-ring (bicyclic) bond motifs is 3. The van der Waals surface area contributed by atoms with Crippen LogP contribution in [-0.2, 0) is 13.5 Å². The number of aliphatic hydroxyl groups excluding tert-OH is 1. The molecule has 1 aliphatic carbocycles. The van der Waals surface area contributed by atoms with Crippen LogP contribution in [0.5, 0.6) is 0 Å². The summed E-state index contributed by atoms with van der Waals surface area (Å²) in [6.45, 7) is 0.0570. The second kappa shape index (κ2) is 3.90. The van der Waals surface area contributed by atoms with Crippen LogP contribution < -0.4 is 0 Å². The highest BCUT2D eigenvalue weighted by Gasteiger charge is 2.23. The third-order valence-electron chi connectivity index (χ3n) is 3.61. The van der Waals surface area contributed by atoms with E-state index in [1.54, 1.807) is 0 Å². The van der Waals surface area contributed by atoms with Crippen molar-refractivity contribution in [3.05, 3.63) is 41.1 Å². The lowest BCUT2D eigenvalue weighted by molar-refractivity contribution is 0.327. The number of rotatable bonds is 1. The van der Waals surface area contributed by atoms with Crippen LogP contribution >= 0.6 is 11.6 Å². The molecular formula is C14H14ClNO. The average Bonchev–Trinajstić information content (AvgIpc) is 2.65. The molecule has 0 bridgehead atoms. The Kier molecular flexibility index (Phi) is 2.49. The molecule has 3 rings (SSSR count). The van der Waals surface area contributed by atoms with Gasteiger partial charge in [0, 0.05) is 29.2 Å². The highest BCUT2D eigenvalue weighted by atomic mass is 35.5. The van der Waals surface area contributed by atoms with Crippen molar-refractivity contribution in [1.29, 1.82) is 0 Å². The largest absolute Gasteiger partial charge is 0.392 e. The molecule has 2 aromatic rings. The Morgan fingerprint density at radius 3 is 2.82 bits per heavy atom. The molecule has 1 aromatic carbocycles. The Morgan fingerprint density at radius 1 is 1.29 bits per heavy atom. The number of para-hydroxylation sites is 1. The molecule has 2 nitrogen and oxygen atoms in total. The van der Waals surface area contributed by atoms with Crippen LogP contribution in [0.2, 0.25) is 0 Å². The van der Waals surface area contributed by atoms with E-state index in [0.29, 0.717) is 0 Å². The van der Waals surface area contributed by atoms with Gasteiger partial charge >= 0.3 is 0 Å². The van der Waals surface area contributed by atoms with Gasteiger partial charge in [-0.05, 0) is 24.5 Å². The van der Waals surface area contributed by atoms with Crippen molar-refractivity contribution in [1.82, 2.24) is 4.57 Å². The lowest BCUT2D eigenvalue weighted by Crippen LogP contribution is -2.07. The van der Waals surface area contributed by atoms with Gasteiger partial charge in [-0.15, -0.1) is 0 Å². The van der Waals surface area contributed by atoms with Crippen molar-refractivity contribution in [2.75, 3.05) is 6.61 Å². The smallest absolute Gasteiger partial charge is 0.0659 e. The maximum Gasteiger partial charge on any atom is 0.0659 e. The standard InChI is InChI=1S/C14H14ClNO/c1-16-11-5-3-2-4-10(11)13-12(16)7-6-9(8-17)14(13)15/h2-5,17H,6-8H2,1H3. The maximum atomic E-state index is 9.32. The molecule has 0 fully saturated rings. The maximum absolute atomic E-state index is 9.32. The van der Waals surface area contributed by atoms with E-state index < -0.39 is 0 Å². The third kappa shape index (κ3) is 1.44. The van der Waals surface area contributed by atoms with Crippen molar-refractivity contribution >= 4 is 27.5 Å². The summed E-state index contributed by atoms with van der Waals surface area (Å²) in [6.07, 6.45) is 1.80. The van der Waals surface area contributed by atoms with Gasteiger partial charge in [0.2, 0.25) is 0 Å². The van der Waals surface area contributed by atoms with Gasteiger partial charge in [0.15, 0.2) is 0 Å². The Balaban J connectivity index is 2.40. The Hall–Kier alpha value is -1.25. The van der Waals surface area contributed by atoms with E-state index in [1.165, 1.54) is 16.6 Å². The van der Waals surface area contributed by atoms with E-state index in [-0.39, 0.29) is 6.61 Å². The van der Waals surface area contributed by atoms with Crippen LogP contribution in [0.1, 0.15) is 17.7 Å². The SMILES string of the molecule is Cn1c2c(c3ccccc31)C(Cl)=C(CO)CC2. The lowest BCUT2D eigenvalue weighted by atomic mass is 9.96. The zero-order valence-electron chi connectivity index (χ0n) is 9.70. The van der Waals surface area contributed by atoms with Gasteiger partial charge in [0.05, 0.1) is 11.6 Å². The predicted octanol–water partition coefficient (Wildman–Crippen LogP) is 3.07. The summed E-state index contributed by atoms with van der Waals surface area (Å²) in [7, 11) is 2.08. The molecule has 17 heavy (non-hydrogen) atoms. The molecule has 88 valence electrons. The number of hydrogen-bond acceptors (Lipinski definition) is 1. The molecule has 3 heteroatoms. The monoisotopic (exact) mass is 247 g/mol. The van der Waals surface area contributed by atoms with Gasteiger partial charge in [0.1, 0.15) is 0 Å². The Labute approximate surface area is 105 Å². The van der Waals surface area contributed by atoms with Crippen molar-refractivity contribution in [2.45, 2.75) is 12.8 Å². The number of aliphatic hydroxyl groups is 1. The summed E-state index contributed by atoms with van der Waals surface area (Å²) in [4.78, 5) is 0. The molecule has 0 spiro atoms. The van der Waals surface area contributed by atoms with E-state index in [2.05, 4.69) is 23.7 Å². The first-order chi connectivity index (χ1) is 8.24. The molecule has 1 aliphatic rings. The van der Waals surface area contributed by atoms with Crippen molar-refractivity contribution in [3.63, 3.8) is 0 Å². The number of hydrogen-bond donors (Lipinski definition) is 1. The van der Waals surface area contributed by atoms with Gasteiger partial charge in [-0.25, -0.2) is 0 Å². The first-order valence-electron chi connectivity index (χ1n) is 5.79. The minimum Gasteiger partial charge on any atom is -0.392 e. The molecule has 1 N–H and O–H groups in total. The van der Waals surface area contributed by atoms with Crippen LogP contribution in [0.25, 0.3) is 15.9 Å². The van der Waals surface area contributed by atoms with Crippen molar-refractivity contribution in [3.8, 4) is 0 Å². The Morgan fingerprint density at radius 2 is 2.06 bits per heavy atom. The molecule has 0 atom stereocenters. The highest BCUT2D eigenvalue weighted by Crippen LogP contribution is 2.39. The van der Waals surface area contributed by atoms with E-state index in [0.717, 1.165) is 29.0 Å². The fourth-order valence-electron chi connectivity index (χ4n) is 2.69. The minimum atomic E-state index is 0.0570. The van der Waals surface area contributed by atoms with Gasteiger partial charge in [-0.1, -0.05) is 29.8 Å². The van der Waals surface area contributed by atoms with Crippen LogP contribution in [0, 0.1) is 0 Å². The number of halogens is 1. The van der Waals surface area contributed by atoms with E-state index in [9.17, 15) is 5.11 Å². The fourth-order valence-corrected chi connectivity index (χ4v) is 3.05. The molecule has 0 aliphatic heterocycles. The third-order valence-corrected chi connectivity index (χ3v) is 4.07. The number of aryl methyl sites for hydroxylation is 1. The molecule has 1 heterocycles. The van der Waals surface area contributed by atoms with Gasteiger partial charge < -0.3 is 9.67 Å². The quantitative estimate of drug-likeness (QED) is 0.823. The number of benzene rings is 1. The minimum absolute atomic E-state index is 0.0570. The normalized spacial score (nSPS) is 15.5. The van der Waals surface area contributed by atoms with Crippen LogP contribution in [0.4, 0.5) is 0 Å². The van der Waals surface area contributed by atoms with Gasteiger partial charge in [0.25, 0.3) is 0 Å². The van der Waals surface area contributed by atoms with E-state index in [4.69, 9.17) is 11.6 Å². The second-order valence-corrected chi connectivity index (χ2v) is 4.85.